The standard InChI is InChI=1S/C20H22N4O3/c1-12-8-16(27-24-12)9-15-10-26-11-17(15)22-20(25)18-13(2)21-19(23-18)14-6-4-3-5-7-14/h3-8,15,17H,9-11H2,1-2H3,(H,21,23)(H,22,25)/t15-,17+/m0/s1. The zero-order chi connectivity index (χ0) is 18.8. The van der Waals surface area contributed by atoms with Crippen molar-refractivity contribution in [2.24, 2.45) is 5.92 Å². The fraction of sp³-hybridized carbons (Fsp3) is 0.350. The number of amides is 1. The van der Waals surface area contributed by atoms with Crippen molar-refractivity contribution in [3.8, 4) is 11.4 Å². The third kappa shape index (κ3) is 3.78. The third-order valence-corrected chi connectivity index (χ3v) is 4.80. The summed E-state index contributed by atoms with van der Waals surface area (Å²) in [6.07, 6.45) is 0.681. The van der Waals surface area contributed by atoms with Gasteiger partial charge in [0.05, 0.1) is 24.9 Å². The van der Waals surface area contributed by atoms with Crippen molar-refractivity contribution in [3.05, 3.63) is 59.2 Å². The molecule has 1 fully saturated rings. The van der Waals surface area contributed by atoms with Gasteiger partial charge in [0.1, 0.15) is 17.3 Å². The van der Waals surface area contributed by atoms with E-state index in [1.807, 2.05) is 50.2 Å². The number of benzene rings is 1. The molecular weight excluding hydrogens is 344 g/mol. The lowest BCUT2D eigenvalue weighted by atomic mass is 9.98. The largest absolute Gasteiger partial charge is 0.379 e. The van der Waals surface area contributed by atoms with E-state index in [-0.39, 0.29) is 17.9 Å². The maximum atomic E-state index is 12.8. The lowest BCUT2D eigenvalue weighted by Crippen LogP contribution is -2.41. The van der Waals surface area contributed by atoms with Crippen LogP contribution in [0.1, 0.15) is 27.6 Å². The highest BCUT2D eigenvalue weighted by Gasteiger charge is 2.32. The Labute approximate surface area is 157 Å². The number of aryl methyl sites for hydroxylation is 2. The van der Waals surface area contributed by atoms with Gasteiger partial charge in [0.25, 0.3) is 5.91 Å². The van der Waals surface area contributed by atoms with E-state index in [0.29, 0.717) is 31.2 Å². The predicted molar refractivity (Wildman–Crippen MR) is 99.3 cm³/mol. The van der Waals surface area contributed by atoms with Crippen molar-refractivity contribution < 1.29 is 14.1 Å². The fourth-order valence-electron chi connectivity index (χ4n) is 3.38. The van der Waals surface area contributed by atoms with E-state index in [0.717, 1.165) is 22.7 Å². The van der Waals surface area contributed by atoms with Crippen molar-refractivity contribution in [3.63, 3.8) is 0 Å². The summed E-state index contributed by atoms with van der Waals surface area (Å²) in [5.74, 6) is 1.45. The van der Waals surface area contributed by atoms with Crippen LogP contribution in [0.15, 0.2) is 40.9 Å². The van der Waals surface area contributed by atoms with Crippen molar-refractivity contribution in [2.75, 3.05) is 13.2 Å². The minimum Gasteiger partial charge on any atom is -0.379 e. The number of carbonyl (C=O) groups is 1. The average molecular weight is 366 g/mol. The predicted octanol–water partition coefficient (Wildman–Crippen LogP) is 2.67. The molecule has 3 heterocycles. The lowest BCUT2D eigenvalue weighted by Gasteiger charge is -2.17. The highest BCUT2D eigenvalue weighted by Crippen LogP contribution is 2.21. The van der Waals surface area contributed by atoms with Gasteiger partial charge in [0.2, 0.25) is 0 Å². The number of nitrogens with one attached hydrogen (secondary N) is 2. The summed E-state index contributed by atoms with van der Waals surface area (Å²) in [4.78, 5) is 20.5. The van der Waals surface area contributed by atoms with Gasteiger partial charge >= 0.3 is 0 Å². The molecule has 0 unspecified atom stereocenters. The average Bonchev–Trinajstić information content (AvgIpc) is 3.37. The molecule has 1 saturated heterocycles. The summed E-state index contributed by atoms with van der Waals surface area (Å²) >= 11 is 0. The van der Waals surface area contributed by atoms with Gasteiger partial charge in [-0.2, -0.15) is 0 Å². The molecule has 1 aromatic carbocycles. The smallest absolute Gasteiger partial charge is 0.272 e. The molecule has 0 aliphatic carbocycles. The number of rotatable bonds is 5. The van der Waals surface area contributed by atoms with Gasteiger partial charge in [0.15, 0.2) is 0 Å². The zero-order valence-corrected chi connectivity index (χ0v) is 15.4. The Morgan fingerprint density at radius 2 is 2.07 bits per heavy atom. The summed E-state index contributed by atoms with van der Waals surface area (Å²) in [6.45, 7) is 4.81. The first-order valence-electron chi connectivity index (χ1n) is 9.03. The van der Waals surface area contributed by atoms with Crippen molar-refractivity contribution >= 4 is 5.91 Å². The van der Waals surface area contributed by atoms with Gasteiger partial charge in [-0.25, -0.2) is 4.98 Å². The zero-order valence-electron chi connectivity index (χ0n) is 15.4. The van der Waals surface area contributed by atoms with Crippen molar-refractivity contribution in [1.29, 1.82) is 0 Å². The number of imidazole rings is 1. The van der Waals surface area contributed by atoms with Crippen LogP contribution in [-0.2, 0) is 11.2 Å². The second-order valence-electron chi connectivity index (χ2n) is 6.94. The highest BCUT2D eigenvalue weighted by atomic mass is 16.5. The Bertz CT molecular complexity index is 932. The topological polar surface area (TPSA) is 93.0 Å². The van der Waals surface area contributed by atoms with Crippen LogP contribution in [0.3, 0.4) is 0 Å². The van der Waals surface area contributed by atoms with E-state index in [4.69, 9.17) is 9.26 Å². The fourth-order valence-corrected chi connectivity index (χ4v) is 3.38. The maximum absolute atomic E-state index is 12.8. The first-order chi connectivity index (χ1) is 13.1. The normalized spacial score (nSPS) is 19.3. The van der Waals surface area contributed by atoms with Crippen molar-refractivity contribution in [1.82, 2.24) is 20.4 Å². The lowest BCUT2D eigenvalue weighted by molar-refractivity contribution is 0.0919. The molecule has 7 heteroatoms. The van der Waals surface area contributed by atoms with Crippen LogP contribution in [0.25, 0.3) is 11.4 Å². The number of carbonyl (C=O) groups excluding carboxylic acids is 1. The van der Waals surface area contributed by atoms with Gasteiger partial charge < -0.3 is 19.6 Å². The molecule has 0 saturated carbocycles. The maximum Gasteiger partial charge on any atom is 0.272 e. The van der Waals surface area contributed by atoms with E-state index < -0.39 is 0 Å². The molecule has 1 amide bonds. The van der Waals surface area contributed by atoms with E-state index in [2.05, 4.69) is 20.4 Å². The number of hydrogen-bond acceptors (Lipinski definition) is 5. The molecule has 2 N–H and O–H groups in total. The van der Waals surface area contributed by atoms with E-state index in [9.17, 15) is 4.79 Å². The molecule has 2 aromatic heterocycles. The van der Waals surface area contributed by atoms with E-state index in [1.54, 1.807) is 0 Å². The Hall–Kier alpha value is -2.93. The second kappa shape index (κ2) is 7.36. The summed E-state index contributed by atoms with van der Waals surface area (Å²) in [5.41, 5.74) is 2.95. The van der Waals surface area contributed by atoms with Gasteiger partial charge in [0, 0.05) is 29.7 Å². The van der Waals surface area contributed by atoms with Crippen LogP contribution < -0.4 is 5.32 Å². The number of H-pyrrole nitrogens is 1. The molecular formula is C20H22N4O3. The number of hydrogen-bond donors (Lipinski definition) is 2. The van der Waals surface area contributed by atoms with Gasteiger partial charge in [-0.15, -0.1) is 0 Å². The monoisotopic (exact) mass is 366 g/mol. The Kier molecular flexibility index (Phi) is 4.77. The first kappa shape index (κ1) is 17.5. The minimum atomic E-state index is -0.194. The number of aromatic amines is 1. The molecule has 1 aliphatic heterocycles. The summed E-state index contributed by atoms with van der Waals surface area (Å²) in [6, 6.07) is 11.6. The van der Waals surface area contributed by atoms with Crippen LogP contribution in [-0.4, -0.2) is 40.3 Å². The molecule has 140 valence electrons. The molecule has 0 spiro atoms. The van der Waals surface area contributed by atoms with Crippen molar-refractivity contribution in [2.45, 2.75) is 26.3 Å². The SMILES string of the molecule is Cc1cc(C[C@H]2COC[C@H]2NC(=O)c2nc(-c3ccccc3)[nH]c2C)on1. The summed E-state index contributed by atoms with van der Waals surface area (Å²) in [7, 11) is 0. The highest BCUT2D eigenvalue weighted by molar-refractivity contribution is 5.94. The molecule has 4 rings (SSSR count). The van der Waals surface area contributed by atoms with Gasteiger partial charge in [-0.05, 0) is 13.8 Å². The van der Waals surface area contributed by atoms with Crippen LogP contribution in [0.4, 0.5) is 0 Å². The number of ether oxygens (including phenoxy) is 1. The van der Waals surface area contributed by atoms with Gasteiger partial charge in [-0.3, -0.25) is 4.79 Å². The summed E-state index contributed by atoms with van der Waals surface area (Å²) in [5, 5.41) is 6.99. The molecule has 2 atom stereocenters. The van der Waals surface area contributed by atoms with E-state index in [1.165, 1.54) is 0 Å². The number of aromatic nitrogens is 3. The second-order valence-corrected chi connectivity index (χ2v) is 6.94. The minimum absolute atomic E-state index is 0.0841. The first-order valence-corrected chi connectivity index (χ1v) is 9.03. The van der Waals surface area contributed by atoms with E-state index >= 15 is 0 Å². The third-order valence-electron chi connectivity index (χ3n) is 4.80. The van der Waals surface area contributed by atoms with Crippen LogP contribution in [0, 0.1) is 19.8 Å². The molecule has 27 heavy (non-hydrogen) atoms. The van der Waals surface area contributed by atoms with Gasteiger partial charge in [-0.1, -0.05) is 35.5 Å². The Balaban J connectivity index is 1.46. The van der Waals surface area contributed by atoms with Crippen LogP contribution in [0.5, 0.6) is 0 Å². The molecule has 0 bridgehead atoms. The van der Waals surface area contributed by atoms with Crippen LogP contribution in [0.2, 0.25) is 0 Å². The van der Waals surface area contributed by atoms with Crippen LogP contribution >= 0.6 is 0 Å². The molecule has 0 radical (unpaired) electrons. The molecule has 3 aromatic rings. The quantitative estimate of drug-likeness (QED) is 0.724. The Morgan fingerprint density at radius 1 is 1.26 bits per heavy atom. The Morgan fingerprint density at radius 3 is 2.81 bits per heavy atom. The summed E-state index contributed by atoms with van der Waals surface area (Å²) < 4.78 is 10.9. The number of nitrogens with zero attached hydrogens (tertiary/aromatic N) is 2. The molecule has 7 nitrogen and oxygen atoms in total. The molecule has 1 aliphatic rings.